The Kier molecular flexibility index (Phi) is 14.6. The van der Waals surface area contributed by atoms with Gasteiger partial charge in [0.2, 0.25) is 0 Å². The molecule has 0 spiro atoms. The van der Waals surface area contributed by atoms with Crippen LogP contribution in [-0.4, -0.2) is 119 Å². The number of anilines is 2. The molecule has 1 amide bonds. The number of H-pyrrole nitrogens is 1. The van der Waals surface area contributed by atoms with E-state index in [0.29, 0.717) is 35.1 Å². The molecule has 1 saturated heterocycles. The Morgan fingerprint density at radius 2 is 1.44 bits per heavy atom. The van der Waals surface area contributed by atoms with Crippen LogP contribution in [0.15, 0.2) is 37.1 Å². The first-order valence-corrected chi connectivity index (χ1v) is 14.7. The normalized spacial score (nSPS) is 14.7. The third-order valence-electron chi connectivity index (χ3n) is 6.94. The van der Waals surface area contributed by atoms with Gasteiger partial charge in [0.05, 0.1) is 34.6 Å². The highest BCUT2D eigenvalue weighted by molar-refractivity contribution is 6.36. The van der Waals surface area contributed by atoms with Crippen molar-refractivity contribution in [3.05, 3.63) is 47.6 Å². The summed E-state index contributed by atoms with van der Waals surface area (Å²) in [6.45, 7) is 3.32. The quantitative estimate of drug-likeness (QED) is 0.131. The van der Waals surface area contributed by atoms with Crippen molar-refractivity contribution in [2.75, 3.05) is 30.4 Å². The van der Waals surface area contributed by atoms with Crippen molar-refractivity contribution in [3.8, 4) is 0 Å². The molecule has 6 N–H and O–H groups in total. The predicted octanol–water partition coefficient (Wildman–Crippen LogP) is 5.82. The number of hydrogen-bond acceptors (Lipinski definition) is 10. The maximum absolute atomic E-state index is 11.5. The van der Waals surface area contributed by atoms with Gasteiger partial charge in [-0.2, -0.15) is 39.5 Å². The number of nitrogens with zero attached hydrogens (tertiary/aromatic N) is 6. The molecule has 0 bridgehead atoms. The van der Waals surface area contributed by atoms with Gasteiger partial charge in [-0.1, -0.05) is 11.6 Å². The number of rotatable bonds is 5. The van der Waals surface area contributed by atoms with Crippen molar-refractivity contribution in [2.24, 2.45) is 0 Å². The molecule has 1 aliphatic heterocycles. The van der Waals surface area contributed by atoms with Crippen LogP contribution in [0.5, 0.6) is 0 Å². The molecule has 16 nitrogen and oxygen atoms in total. The average Bonchev–Trinajstić information content (AvgIpc) is 3.75. The summed E-state index contributed by atoms with van der Waals surface area (Å²) in [6.07, 6.45) is -10.6. The second-order valence-electron chi connectivity index (χ2n) is 10.6. The SMILES string of the molecule is CC(Nc1ncnc2[nH]cnc12)c1cc(Cl)c2cccnc2c1N1CC[C@H](N(C)C(=O)O)C1.O=C(O)C(F)(F)F.O=C(O)C(F)(F)F.O=C(O)C(F)(F)F. The van der Waals surface area contributed by atoms with Gasteiger partial charge in [-0.05, 0) is 31.5 Å². The molecule has 1 unspecified atom stereocenters. The highest BCUT2D eigenvalue weighted by Crippen LogP contribution is 2.40. The Morgan fingerprint density at radius 3 is 1.94 bits per heavy atom. The number of hydrogen-bond donors (Lipinski definition) is 6. The van der Waals surface area contributed by atoms with Crippen molar-refractivity contribution in [1.82, 2.24) is 29.8 Å². The van der Waals surface area contributed by atoms with E-state index < -0.39 is 42.5 Å². The summed E-state index contributed by atoms with van der Waals surface area (Å²) in [5.41, 5.74) is 3.99. The first-order chi connectivity index (χ1) is 24.8. The van der Waals surface area contributed by atoms with Gasteiger partial charge in [0.25, 0.3) is 0 Å². The molecule has 4 heterocycles. The molecule has 3 aromatic heterocycles. The summed E-state index contributed by atoms with van der Waals surface area (Å²) in [6, 6.07) is 5.48. The summed E-state index contributed by atoms with van der Waals surface area (Å²) in [4.78, 5) is 62.3. The van der Waals surface area contributed by atoms with E-state index in [1.165, 1.54) is 11.2 Å². The fraction of sp³-hybridized carbons (Fsp3) is 0.357. The number of alkyl halides is 9. The van der Waals surface area contributed by atoms with E-state index in [1.807, 2.05) is 25.1 Å². The van der Waals surface area contributed by atoms with Crippen LogP contribution in [0.1, 0.15) is 24.9 Å². The third kappa shape index (κ3) is 12.1. The fourth-order valence-corrected chi connectivity index (χ4v) is 4.71. The van der Waals surface area contributed by atoms with E-state index in [0.717, 1.165) is 28.6 Å². The van der Waals surface area contributed by atoms with Crippen LogP contribution in [0.4, 0.5) is 55.8 Å². The van der Waals surface area contributed by atoms with Gasteiger partial charge in [-0.3, -0.25) is 4.98 Å². The number of nitrogens with one attached hydrogen (secondary N) is 2. The molecular weight excluding hydrogens is 783 g/mol. The first-order valence-electron chi connectivity index (χ1n) is 14.4. The minimum absolute atomic E-state index is 0.0985. The highest BCUT2D eigenvalue weighted by Gasteiger charge is 2.39. The van der Waals surface area contributed by atoms with Crippen LogP contribution in [-0.2, 0) is 14.4 Å². The monoisotopic (exact) mass is 808 g/mol. The lowest BCUT2D eigenvalue weighted by atomic mass is 10.0. The van der Waals surface area contributed by atoms with Crippen LogP contribution in [0.25, 0.3) is 22.1 Å². The molecule has 5 rings (SSSR count). The van der Waals surface area contributed by atoms with E-state index in [9.17, 15) is 49.4 Å². The topological polar surface area (TPSA) is 235 Å². The molecule has 54 heavy (non-hydrogen) atoms. The van der Waals surface area contributed by atoms with Crippen molar-refractivity contribution in [2.45, 2.75) is 44.0 Å². The number of fused-ring (bicyclic) bond motifs is 2. The molecular formula is C28H26ClF9N8O8. The summed E-state index contributed by atoms with van der Waals surface area (Å²) >= 11 is 6.67. The lowest BCUT2D eigenvalue weighted by molar-refractivity contribution is -0.193. The van der Waals surface area contributed by atoms with Crippen molar-refractivity contribution in [1.29, 1.82) is 0 Å². The number of amides is 1. The van der Waals surface area contributed by atoms with E-state index in [4.69, 9.17) is 41.3 Å². The molecule has 2 atom stereocenters. The number of carboxylic acid groups (broad SMARTS) is 4. The van der Waals surface area contributed by atoms with E-state index in [2.05, 4.69) is 35.1 Å². The molecule has 0 aliphatic carbocycles. The summed E-state index contributed by atoms with van der Waals surface area (Å²) in [7, 11) is 1.62. The number of carbonyl (C=O) groups is 4. The molecule has 0 radical (unpaired) electrons. The van der Waals surface area contributed by atoms with Gasteiger partial charge < -0.3 is 40.5 Å². The van der Waals surface area contributed by atoms with Gasteiger partial charge in [0, 0.05) is 37.3 Å². The van der Waals surface area contributed by atoms with Crippen molar-refractivity contribution in [3.63, 3.8) is 0 Å². The number of carboxylic acids is 3. The van der Waals surface area contributed by atoms with Crippen molar-refractivity contribution < 1.29 is 79.1 Å². The number of likely N-dealkylation sites (N-methyl/N-ethyl adjacent to an activating group) is 1. The summed E-state index contributed by atoms with van der Waals surface area (Å²) in [5.74, 6) is -7.66. The number of halogens is 10. The van der Waals surface area contributed by atoms with Crippen molar-refractivity contribution >= 4 is 69.2 Å². The van der Waals surface area contributed by atoms with E-state index >= 15 is 0 Å². The number of benzene rings is 1. The molecule has 1 aromatic carbocycles. The van der Waals surface area contributed by atoms with E-state index in [1.54, 1.807) is 19.6 Å². The number of pyridine rings is 1. The smallest absolute Gasteiger partial charge is 0.475 e. The molecule has 0 saturated carbocycles. The Hall–Kier alpha value is -5.88. The maximum atomic E-state index is 11.5. The lowest BCUT2D eigenvalue weighted by Crippen LogP contribution is -2.38. The maximum Gasteiger partial charge on any atom is 0.490 e. The minimum atomic E-state index is -5.08. The van der Waals surface area contributed by atoms with Crippen LogP contribution >= 0.6 is 11.6 Å². The highest BCUT2D eigenvalue weighted by atomic mass is 35.5. The second kappa shape index (κ2) is 17.8. The van der Waals surface area contributed by atoms with Crippen LogP contribution in [0.3, 0.4) is 0 Å². The van der Waals surface area contributed by atoms with Gasteiger partial charge in [-0.25, -0.2) is 34.1 Å². The Morgan fingerprint density at radius 1 is 0.907 bits per heavy atom. The number of aliphatic carboxylic acids is 3. The molecule has 296 valence electrons. The van der Waals surface area contributed by atoms with Crippen LogP contribution in [0.2, 0.25) is 5.02 Å². The van der Waals surface area contributed by atoms with Gasteiger partial charge in [-0.15, -0.1) is 0 Å². The minimum Gasteiger partial charge on any atom is -0.475 e. The zero-order valence-electron chi connectivity index (χ0n) is 27.1. The Bertz CT molecular complexity index is 1900. The number of aromatic nitrogens is 5. The first kappa shape index (κ1) is 44.3. The predicted molar refractivity (Wildman–Crippen MR) is 168 cm³/mol. The van der Waals surface area contributed by atoms with Crippen LogP contribution < -0.4 is 10.2 Å². The number of imidazole rings is 1. The third-order valence-corrected chi connectivity index (χ3v) is 7.25. The van der Waals surface area contributed by atoms with Gasteiger partial charge >= 0.3 is 42.5 Å². The standard InChI is InChI=1S/C22H23ClN8O2.3C2HF3O2/c1-12(29-21-18-20(26-10-25-18)27-11-28-21)15-8-16(23)14-4-3-6-24-17(14)19(15)31-7-5-13(9-31)30(2)22(32)33;3*3-2(4,5)1(6)7/h3-4,6,8,10-13H,5,7,9H2,1-2H3,(H,32,33)(H2,25,26,27,28,29);3*(H,6,7)/t12?,13-;;;/m0.../s1. The average molecular weight is 809 g/mol. The molecule has 1 fully saturated rings. The summed E-state index contributed by atoms with van der Waals surface area (Å²) in [5, 5.41) is 35.7. The Labute approximate surface area is 300 Å². The molecule has 1 aliphatic rings. The lowest BCUT2D eigenvalue weighted by Gasteiger charge is -2.28. The Balaban J connectivity index is 0.000000393. The fourth-order valence-electron chi connectivity index (χ4n) is 4.44. The van der Waals surface area contributed by atoms with Gasteiger partial charge in [0.1, 0.15) is 11.8 Å². The largest absolute Gasteiger partial charge is 0.490 e. The zero-order valence-corrected chi connectivity index (χ0v) is 27.9. The molecule has 26 heteroatoms. The number of aromatic amines is 1. The molecule has 4 aromatic rings. The van der Waals surface area contributed by atoms with Crippen LogP contribution in [0, 0.1) is 0 Å². The van der Waals surface area contributed by atoms with E-state index in [-0.39, 0.29) is 12.1 Å². The van der Waals surface area contributed by atoms with Gasteiger partial charge in [0.15, 0.2) is 11.5 Å². The summed E-state index contributed by atoms with van der Waals surface area (Å²) < 4.78 is 95.2. The second-order valence-corrected chi connectivity index (χ2v) is 11.0. The zero-order chi connectivity index (χ0) is 41.3.